The third-order valence-corrected chi connectivity index (χ3v) is 3.44. The van der Waals surface area contributed by atoms with E-state index in [2.05, 4.69) is 12.3 Å². The van der Waals surface area contributed by atoms with Gasteiger partial charge in [0.05, 0.1) is 11.3 Å². The molecule has 4 heteroatoms. The molecule has 0 heterocycles. The summed E-state index contributed by atoms with van der Waals surface area (Å²) in [6.07, 6.45) is 1.23. The van der Waals surface area contributed by atoms with Gasteiger partial charge < -0.3 is 10.3 Å². The number of amides is 1. The molecule has 0 aromatic heterocycles. The molecule has 1 aliphatic rings. The Hall–Kier alpha value is -1.55. The van der Waals surface area contributed by atoms with E-state index in [0.29, 0.717) is 17.2 Å². The van der Waals surface area contributed by atoms with Crippen LogP contribution >= 0.6 is 0 Å². The van der Waals surface area contributed by atoms with Gasteiger partial charge in [-0.25, -0.2) is 0 Å². The zero-order valence-corrected chi connectivity index (χ0v) is 10.3. The summed E-state index contributed by atoms with van der Waals surface area (Å²) in [5, 5.41) is 0. The molecule has 1 saturated carbocycles. The fraction of sp³-hybridized carbons (Fsp3) is 0.462. The van der Waals surface area contributed by atoms with E-state index in [1.54, 1.807) is 17.0 Å². The molecule has 2 atom stereocenters. The summed E-state index contributed by atoms with van der Waals surface area (Å²) in [6, 6.07) is 7.31. The zero-order chi connectivity index (χ0) is 12.4. The molecule has 92 valence electrons. The zero-order valence-electron chi connectivity index (χ0n) is 10.3. The molecule has 1 aromatic carbocycles. The lowest BCUT2D eigenvalue weighted by Crippen LogP contribution is -2.30. The molecule has 1 fully saturated rings. The second-order valence-corrected chi connectivity index (χ2v) is 4.85. The van der Waals surface area contributed by atoms with Crippen LogP contribution in [0.5, 0.6) is 0 Å². The number of carbonyl (C=O) groups is 1. The largest absolute Gasteiger partial charge is 0.341 e. The molecule has 0 radical (unpaired) electrons. The van der Waals surface area contributed by atoms with Crippen LogP contribution in [0.15, 0.2) is 24.3 Å². The van der Waals surface area contributed by atoms with Gasteiger partial charge in [-0.1, -0.05) is 19.1 Å². The third-order valence-electron chi connectivity index (χ3n) is 3.44. The molecule has 1 aromatic rings. The van der Waals surface area contributed by atoms with Crippen LogP contribution in [0, 0.1) is 11.8 Å². The second-order valence-electron chi connectivity index (χ2n) is 4.85. The molecule has 1 amide bonds. The first kappa shape index (κ1) is 11.9. The molecule has 0 aliphatic heterocycles. The highest BCUT2D eigenvalue weighted by molar-refractivity contribution is 5.99. The Kier molecular flexibility index (Phi) is 3.33. The van der Waals surface area contributed by atoms with Crippen molar-refractivity contribution in [1.29, 1.82) is 0 Å². The average Bonchev–Trinajstić information content (AvgIpc) is 3.03. The van der Waals surface area contributed by atoms with Crippen molar-refractivity contribution in [3.8, 4) is 0 Å². The molecule has 2 rings (SSSR count). The predicted octanol–water partition coefficient (Wildman–Crippen LogP) is 1.70. The number of nitrogens with zero attached hydrogens (tertiary/aromatic N) is 1. The Morgan fingerprint density at radius 1 is 1.53 bits per heavy atom. The van der Waals surface area contributed by atoms with Crippen LogP contribution in [0.2, 0.25) is 0 Å². The van der Waals surface area contributed by atoms with Gasteiger partial charge in [0.15, 0.2) is 0 Å². The van der Waals surface area contributed by atoms with E-state index in [0.717, 1.165) is 12.5 Å². The van der Waals surface area contributed by atoms with E-state index in [9.17, 15) is 4.79 Å². The normalized spacial score (nSPS) is 22.1. The molecule has 0 saturated heterocycles. The maximum atomic E-state index is 12.2. The van der Waals surface area contributed by atoms with Gasteiger partial charge in [-0.3, -0.25) is 10.6 Å². The lowest BCUT2D eigenvalue weighted by molar-refractivity contribution is 0.0788. The minimum absolute atomic E-state index is 0.0256. The number of benzene rings is 1. The number of hydrazine groups is 1. The number of para-hydroxylation sites is 1. The SMILES string of the molecule is CC1CC1CN(C)C(=O)c1ccccc1NN. The fourth-order valence-electron chi connectivity index (χ4n) is 2.09. The van der Waals surface area contributed by atoms with Crippen molar-refractivity contribution >= 4 is 11.6 Å². The van der Waals surface area contributed by atoms with Crippen molar-refractivity contribution in [1.82, 2.24) is 4.90 Å². The maximum absolute atomic E-state index is 12.2. The van der Waals surface area contributed by atoms with Crippen molar-refractivity contribution < 1.29 is 4.79 Å². The number of hydrogen-bond acceptors (Lipinski definition) is 3. The molecule has 1 aliphatic carbocycles. The first-order chi connectivity index (χ1) is 8.13. The number of carbonyl (C=O) groups excluding carboxylic acids is 1. The van der Waals surface area contributed by atoms with E-state index >= 15 is 0 Å². The van der Waals surface area contributed by atoms with Crippen molar-refractivity contribution in [2.75, 3.05) is 19.0 Å². The number of nitrogens with one attached hydrogen (secondary N) is 1. The number of nitrogen functional groups attached to an aromatic ring is 1. The van der Waals surface area contributed by atoms with Crippen LogP contribution in [0.1, 0.15) is 23.7 Å². The van der Waals surface area contributed by atoms with Gasteiger partial charge in [-0.05, 0) is 30.4 Å². The molecule has 4 nitrogen and oxygen atoms in total. The van der Waals surface area contributed by atoms with Crippen LogP contribution in [0.3, 0.4) is 0 Å². The number of anilines is 1. The molecular formula is C13H19N3O. The average molecular weight is 233 g/mol. The van der Waals surface area contributed by atoms with Crippen molar-refractivity contribution in [3.63, 3.8) is 0 Å². The van der Waals surface area contributed by atoms with Gasteiger partial charge in [-0.2, -0.15) is 0 Å². The van der Waals surface area contributed by atoms with Crippen LogP contribution in [0.25, 0.3) is 0 Å². The molecule has 0 spiro atoms. The van der Waals surface area contributed by atoms with Crippen LogP contribution in [0.4, 0.5) is 5.69 Å². The van der Waals surface area contributed by atoms with E-state index < -0.39 is 0 Å². The smallest absolute Gasteiger partial charge is 0.255 e. The van der Waals surface area contributed by atoms with E-state index in [1.165, 1.54) is 6.42 Å². The maximum Gasteiger partial charge on any atom is 0.255 e. The summed E-state index contributed by atoms with van der Waals surface area (Å²) in [6.45, 7) is 3.05. The predicted molar refractivity (Wildman–Crippen MR) is 68.5 cm³/mol. The summed E-state index contributed by atoms with van der Waals surface area (Å²) in [5.41, 5.74) is 3.87. The highest BCUT2D eigenvalue weighted by Gasteiger charge is 2.34. The quantitative estimate of drug-likeness (QED) is 0.614. The highest BCUT2D eigenvalue weighted by Crippen LogP contribution is 2.38. The first-order valence-corrected chi connectivity index (χ1v) is 5.94. The lowest BCUT2D eigenvalue weighted by Gasteiger charge is -2.18. The number of nitrogens with two attached hydrogens (primary N) is 1. The molecule has 0 bridgehead atoms. The molecule has 17 heavy (non-hydrogen) atoms. The summed E-state index contributed by atoms with van der Waals surface area (Å²) < 4.78 is 0. The van der Waals surface area contributed by atoms with E-state index in [4.69, 9.17) is 5.84 Å². The van der Waals surface area contributed by atoms with Gasteiger partial charge in [0, 0.05) is 13.6 Å². The highest BCUT2D eigenvalue weighted by atomic mass is 16.2. The van der Waals surface area contributed by atoms with Gasteiger partial charge in [-0.15, -0.1) is 0 Å². The Morgan fingerprint density at radius 2 is 2.18 bits per heavy atom. The third kappa shape index (κ3) is 2.58. The standard InChI is InChI=1S/C13H19N3O/c1-9-7-10(9)8-16(2)13(17)11-5-3-4-6-12(11)15-14/h3-6,9-10,15H,7-8,14H2,1-2H3. The van der Waals surface area contributed by atoms with Crippen LogP contribution < -0.4 is 11.3 Å². The Bertz CT molecular complexity index is 419. The Labute approximate surface area is 102 Å². The van der Waals surface area contributed by atoms with Gasteiger partial charge in [0.25, 0.3) is 5.91 Å². The van der Waals surface area contributed by atoms with Crippen LogP contribution in [-0.2, 0) is 0 Å². The van der Waals surface area contributed by atoms with Crippen molar-refractivity contribution in [3.05, 3.63) is 29.8 Å². The fourth-order valence-corrected chi connectivity index (χ4v) is 2.09. The molecular weight excluding hydrogens is 214 g/mol. The topological polar surface area (TPSA) is 58.4 Å². The number of rotatable bonds is 4. The monoisotopic (exact) mass is 233 g/mol. The Morgan fingerprint density at radius 3 is 2.76 bits per heavy atom. The summed E-state index contributed by atoms with van der Waals surface area (Å²) in [7, 11) is 1.85. The van der Waals surface area contributed by atoms with Gasteiger partial charge in [0.2, 0.25) is 0 Å². The van der Waals surface area contributed by atoms with Crippen LogP contribution in [-0.4, -0.2) is 24.4 Å². The lowest BCUT2D eigenvalue weighted by atomic mass is 10.1. The minimum atomic E-state index is 0.0256. The minimum Gasteiger partial charge on any atom is -0.341 e. The summed E-state index contributed by atoms with van der Waals surface area (Å²) in [5.74, 6) is 6.86. The summed E-state index contributed by atoms with van der Waals surface area (Å²) in [4.78, 5) is 14.0. The molecule has 2 unspecified atom stereocenters. The van der Waals surface area contributed by atoms with Crippen molar-refractivity contribution in [2.24, 2.45) is 17.7 Å². The van der Waals surface area contributed by atoms with Crippen molar-refractivity contribution in [2.45, 2.75) is 13.3 Å². The van der Waals surface area contributed by atoms with Gasteiger partial charge >= 0.3 is 0 Å². The Balaban J connectivity index is 2.07. The second kappa shape index (κ2) is 4.75. The number of hydrogen-bond donors (Lipinski definition) is 2. The summed E-state index contributed by atoms with van der Waals surface area (Å²) >= 11 is 0. The van der Waals surface area contributed by atoms with E-state index in [1.807, 2.05) is 19.2 Å². The first-order valence-electron chi connectivity index (χ1n) is 5.94. The van der Waals surface area contributed by atoms with E-state index in [-0.39, 0.29) is 5.91 Å². The molecule has 3 N–H and O–H groups in total. The van der Waals surface area contributed by atoms with Gasteiger partial charge in [0.1, 0.15) is 0 Å².